The average molecular weight is 374 g/mol. The fraction of sp³-hybridized carbons (Fsp3) is 0.300. The fourth-order valence-corrected chi connectivity index (χ4v) is 2.57. The lowest BCUT2D eigenvalue weighted by Gasteiger charge is -2.27. The minimum absolute atomic E-state index is 0.0624. The van der Waals surface area contributed by atoms with Crippen LogP contribution < -0.4 is 4.74 Å². The maximum Gasteiger partial charge on any atom is 0.342 e. The second-order valence-electron chi connectivity index (χ2n) is 6.63. The molecule has 27 heavy (non-hydrogen) atoms. The number of aryl methyl sites for hydroxylation is 2. The van der Waals surface area contributed by atoms with Crippen LogP contribution in [0.25, 0.3) is 0 Å². The third-order valence-corrected chi connectivity index (χ3v) is 3.76. The molecule has 2 rings (SSSR count). The number of esters is 1. The van der Waals surface area contributed by atoms with Crippen molar-refractivity contribution in [3.05, 3.63) is 64.2 Å². The summed E-state index contributed by atoms with van der Waals surface area (Å²) in [6.45, 7) is 6.57. The molecule has 0 aliphatic carbocycles. The molecule has 0 amide bonds. The summed E-state index contributed by atoms with van der Waals surface area (Å²) < 4.78 is 11.2. The summed E-state index contributed by atoms with van der Waals surface area (Å²) >= 11 is 0. The van der Waals surface area contributed by atoms with Crippen molar-refractivity contribution >= 4 is 11.9 Å². The number of carboxylic acid groups (broad SMARTS) is 1. The van der Waals surface area contributed by atoms with Crippen molar-refractivity contribution in [2.24, 2.45) is 0 Å². The third kappa shape index (κ3) is 5.29. The van der Waals surface area contributed by atoms with Gasteiger partial charge in [0.05, 0.1) is 11.1 Å². The molecule has 0 aliphatic heterocycles. The van der Waals surface area contributed by atoms with Crippen LogP contribution in [0.3, 0.4) is 0 Å². The smallest absolute Gasteiger partial charge is 0.342 e. The summed E-state index contributed by atoms with van der Waals surface area (Å²) in [4.78, 5) is 28.1. The van der Waals surface area contributed by atoms with Crippen molar-refractivity contribution in [1.29, 1.82) is 0 Å². The van der Waals surface area contributed by atoms with Crippen LogP contribution >= 0.6 is 0 Å². The standard InChI is InChI=1S/C20H22O7/c1-12-6-8-17(14(9-12)11-25-24)26-20(3,4)27-19(23)15-7-5-13(2)10-16(15)18(21)22/h5-10,24H,11H2,1-4H3,(H,21,22). The van der Waals surface area contributed by atoms with E-state index in [2.05, 4.69) is 4.89 Å². The topological polar surface area (TPSA) is 102 Å². The van der Waals surface area contributed by atoms with E-state index in [0.29, 0.717) is 16.9 Å². The van der Waals surface area contributed by atoms with E-state index >= 15 is 0 Å². The average Bonchev–Trinajstić information content (AvgIpc) is 2.56. The van der Waals surface area contributed by atoms with Gasteiger partial charge in [-0.25, -0.2) is 14.5 Å². The lowest BCUT2D eigenvalue weighted by atomic mass is 10.0. The maximum absolute atomic E-state index is 12.5. The number of carboxylic acids is 1. The highest BCUT2D eigenvalue weighted by Gasteiger charge is 2.29. The Kier molecular flexibility index (Phi) is 6.20. The number of benzene rings is 2. The van der Waals surface area contributed by atoms with Gasteiger partial charge in [-0.1, -0.05) is 23.3 Å². The highest BCUT2D eigenvalue weighted by molar-refractivity contribution is 6.02. The Bertz CT molecular complexity index is 855. The van der Waals surface area contributed by atoms with E-state index < -0.39 is 17.7 Å². The van der Waals surface area contributed by atoms with Gasteiger partial charge in [0.25, 0.3) is 0 Å². The minimum Gasteiger partial charge on any atom is -0.478 e. The van der Waals surface area contributed by atoms with Gasteiger partial charge >= 0.3 is 11.9 Å². The number of rotatable bonds is 7. The minimum atomic E-state index is -1.39. The van der Waals surface area contributed by atoms with Crippen molar-refractivity contribution in [3.63, 3.8) is 0 Å². The van der Waals surface area contributed by atoms with Gasteiger partial charge in [0.15, 0.2) is 0 Å². The molecule has 144 valence electrons. The Morgan fingerprint density at radius 2 is 1.63 bits per heavy atom. The molecule has 0 fully saturated rings. The molecule has 0 atom stereocenters. The highest BCUT2D eigenvalue weighted by atomic mass is 17.1. The van der Waals surface area contributed by atoms with Crippen LogP contribution in [0.2, 0.25) is 0 Å². The molecule has 0 saturated carbocycles. The summed E-state index contributed by atoms with van der Waals surface area (Å²) in [5.74, 6) is -3.05. The normalized spacial score (nSPS) is 11.1. The van der Waals surface area contributed by atoms with Crippen LogP contribution in [-0.4, -0.2) is 28.1 Å². The Morgan fingerprint density at radius 1 is 1.00 bits per heavy atom. The first-order valence-electron chi connectivity index (χ1n) is 8.25. The number of hydrogen-bond donors (Lipinski definition) is 2. The van der Waals surface area contributed by atoms with E-state index in [9.17, 15) is 14.7 Å². The van der Waals surface area contributed by atoms with Crippen molar-refractivity contribution < 1.29 is 34.3 Å². The van der Waals surface area contributed by atoms with E-state index in [4.69, 9.17) is 14.7 Å². The van der Waals surface area contributed by atoms with E-state index in [1.54, 1.807) is 31.2 Å². The zero-order valence-corrected chi connectivity index (χ0v) is 15.6. The molecule has 0 radical (unpaired) electrons. The quantitative estimate of drug-likeness (QED) is 0.327. The van der Waals surface area contributed by atoms with Crippen molar-refractivity contribution in [2.75, 3.05) is 0 Å². The predicted molar refractivity (Wildman–Crippen MR) is 96.9 cm³/mol. The zero-order chi connectivity index (χ0) is 20.2. The van der Waals surface area contributed by atoms with E-state index in [-0.39, 0.29) is 17.7 Å². The molecular weight excluding hydrogens is 352 g/mol. The molecule has 2 aromatic rings. The third-order valence-electron chi connectivity index (χ3n) is 3.76. The second-order valence-corrected chi connectivity index (χ2v) is 6.63. The highest BCUT2D eigenvalue weighted by Crippen LogP contribution is 2.27. The maximum atomic E-state index is 12.5. The monoisotopic (exact) mass is 374 g/mol. The molecule has 7 heteroatoms. The molecule has 0 aromatic heterocycles. The predicted octanol–water partition coefficient (Wildman–Crippen LogP) is 3.96. The number of carbonyl (C=O) groups is 2. The van der Waals surface area contributed by atoms with Crippen molar-refractivity contribution in [3.8, 4) is 5.75 Å². The van der Waals surface area contributed by atoms with E-state index in [1.165, 1.54) is 26.0 Å². The molecule has 0 heterocycles. The van der Waals surface area contributed by atoms with Crippen LogP contribution in [0.15, 0.2) is 36.4 Å². The van der Waals surface area contributed by atoms with Gasteiger partial charge in [0.2, 0.25) is 5.79 Å². The van der Waals surface area contributed by atoms with Crippen molar-refractivity contribution in [1.82, 2.24) is 0 Å². The molecule has 0 saturated heterocycles. The molecular formula is C20H22O7. The second kappa shape index (κ2) is 8.20. The SMILES string of the molecule is Cc1ccc(OC(C)(C)OC(=O)c2ccc(C)cc2C(=O)O)c(COO)c1. The van der Waals surface area contributed by atoms with E-state index in [1.807, 2.05) is 6.92 Å². The Labute approximate surface area is 157 Å². The molecule has 2 N–H and O–H groups in total. The first-order chi connectivity index (χ1) is 12.6. The Balaban J connectivity index is 2.24. The molecule has 7 nitrogen and oxygen atoms in total. The molecule has 0 unspecified atom stereocenters. The Hall–Kier alpha value is -2.90. The van der Waals surface area contributed by atoms with Gasteiger partial charge < -0.3 is 14.6 Å². The van der Waals surface area contributed by atoms with Gasteiger partial charge in [0, 0.05) is 19.4 Å². The van der Waals surface area contributed by atoms with Gasteiger partial charge in [-0.15, -0.1) is 0 Å². The number of carbonyl (C=O) groups excluding carboxylic acids is 1. The lowest BCUT2D eigenvalue weighted by molar-refractivity contribution is -0.253. The Morgan fingerprint density at radius 3 is 2.26 bits per heavy atom. The molecule has 0 spiro atoms. The summed E-state index contributed by atoms with van der Waals surface area (Å²) in [6.07, 6.45) is 0. The van der Waals surface area contributed by atoms with Crippen LogP contribution in [0.4, 0.5) is 0 Å². The van der Waals surface area contributed by atoms with E-state index in [0.717, 1.165) is 5.56 Å². The summed E-state index contributed by atoms with van der Waals surface area (Å²) in [5.41, 5.74) is 2.03. The summed E-state index contributed by atoms with van der Waals surface area (Å²) in [6, 6.07) is 9.70. The first kappa shape index (κ1) is 20.4. The fourth-order valence-electron chi connectivity index (χ4n) is 2.57. The van der Waals surface area contributed by atoms with Crippen LogP contribution in [-0.2, 0) is 16.2 Å². The largest absolute Gasteiger partial charge is 0.478 e. The van der Waals surface area contributed by atoms with Gasteiger partial charge in [-0.3, -0.25) is 5.26 Å². The first-order valence-corrected chi connectivity index (χ1v) is 8.25. The molecule has 2 aromatic carbocycles. The van der Waals surface area contributed by atoms with Gasteiger partial charge in [0.1, 0.15) is 12.4 Å². The summed E-state index contributed by atoms with van der Waals surface area (Å²) in [7, 11) is 0. The summed E-state index contributed by atoms with van der Waals surface area (Å²) in [5, 5.41) is 18.1. The van der Waals surface area contributed by atoms with Crippen molar-refractivity contribution in [2.45, 2.75) is 40.1 Å². The number of aromatic carboxylic acids is 1. The number of hydrogen-bond acceptors (Lipinski definition) is 6. The van der Waals surface area contributed by atoms with Crippen LogP contribution in [0.1, 0.15) is 51.3 Å². The van der Waals surface area contributed by atoms with Gasteiger partial charge in [-0.05, 0) is 38.1 Å². The van der Waals surface area contributed by atoms with Gasteiger partial charge in [-0.2, -0.15) is 0 Å². The lowest BCUT2D eigenvalue weighted by Crippen LogP contribution is -2.35. The molecule has 0 aliphatic rings. The number of ether oxygens (including phenoxy) is 2. The zero-order valence-electron chi connectivity index (χ0n) is 15.6. The van der Waals surface area contributed by atoms with Crippen LogP contribution in [0.5, 0.6) is 5.75 Å². The van der Waals surface area contributed by atoms with Crippen LogP contribution in [0, 0.1) is 13.8 Å². The molecule has 0 bridgehead atoms.